The van der Waals surface area contributed by atoms with Crippen LogP contribution in [0.15, 0.2) is 83.9 Å². The van der Waals surface area contributed by atoms with E-state index in [-0.39, 0.29) is 5.78 Å². The van der Waals surface area contributed by atoms with Crippen LogP contribution in [0.1, 0.15) is 15.9 Å². The van der Waals surface area contributed by atoms with Crippen LogP contribution in [-0.2, 0) is 0 Å². The van der Waals surface area contributed by atoms with Crippen molar-refractivity contribution in [1.29, 1.82) is 0 Å². The first-order chi connectivity index (χ1) is 12.7. The van der Waals surface area contributed by atoms with Crippen molar-refractivity contribution in [2.45, 2.75) is 0 Å². The van der Waals surface area contributed by atoms with E-state index in [1.807, 2.05) is 48.5 Å². The van der Waals surface area contributed by atoms with Gasteiger partial charge in [0, 0.05) is 29.3 Å². The summed E-state index contributed by atoms with van der Waals surface area (Å²) in [6.07, 6.45) is 0. The summed E-state index contributed by atoms with van der Waals surface area (Å²) in [4.78, 5) is 17.7. The number of benzene rings is 3. The lowest BCUT2D eigenvalue weighted by Gasteiger charge is -2.09. The van der Waals surface area contributed by atoms with Crippen LogP contribution in [0.2, 0.25) is 0 Å². The predicted octanol–water partition coefficient (Wildman–Crippen LogP) is 4.71. The Morgan fingerprint density at radius 3 is 1.73 bits per heavy atom. The molecule has 0 unspecified atom stereocenters. The standard InChI is InChI=1S/C22H19NO3/c1-25-19-13-18(14-20(15-19)26-2)23-21(16-9-5-3-6-10-16)22(24)17-11-7-4-8-12-17/h3-15H,1-2H3. The van der Waals surface area contributed by atoms with Crippen molar-refractivity contribution in [2.75, 3.05) is 14.2 Å². The van der Waals surface area contributed by atoms with Gasteiger partial charge in [0.15, 0.2) is 0 Å². The van der Waals surface area contributed by atoms with Crippen molar-refractivity contribution in [3.63, 3.8) is 0 Å². The average molecular weight is 345 g/mol. The maximum atomic E-state index is 13.1. The Balaban J connectivity index is 2.12. The molecule has 0 fully saturated rings. The highest BCUT2D eigenvalue weighted by Gasteiger charge is 2.16. The van der Waals surface area contributed by atoms with E-state index in [4.69, 9.17) is 9.47 Å². The lowest BCUT2D eigenvalue weighted by atomic mass is 10.0. The summed E-state index contributed by atoms with van der Waals surface area (Å²) < 4.78 is 10.6. The normalized spacial score (nSPS) is 11.1. The molecule has 3 aromatic rings. The van der Waals surface area contributed by atoms with E-state index in [0.29, 0.717) is 28.5 Å². The summed E-state index contributed by atoms with van der Waals surface area (Å²) in [5.41, 5.74) is 2.30. The summed E-state index contributed by atoms with van der Waals surface area (Å²) in [5.74, 6) is 1.09. The lowest BCUT2D eigenvalue weighted by molar-refractivity contribution is 0.106. The molecule has 0 atom stereocenters. The van der Waals surface area contributed by atoms with Crippen molar-refractivity contribution in [3.8, 4) is 11.5 Å². The minimum Gasteiger partial charge on any atom is -0.497 e. The van der Waals surface area contributed by atoms with Gasteiger partial charge >= 0.3 is 0 Å². The second kappa shape index (κ2) is 8.12. The Labute approximate surface area is 152 Å². The molecule has 0 bridgehead atoms. The summed E-state index contributed by atoms with van der Waals surface area (Å²) in [6, 6.07) is 23.8. The Morgan fingerprint density at radius 2 is 1.23 bits per heavy atom. The number of hydrogen-bond donors (Lipinski definition) is 0. The maximum absolute atomic E-state index is 13.1. The molecule has 0 aliphatic rings. The van der Waals surface area contributed by atoms with E-state index < -0.39 is 0 Å². The lowest BCUT2D eigenvalue weighted by Crippen LogP contribution is -2.15. The molecule has 130 valence electrons. The van der Waals surface area contributed by atoms with Crippen LogP contribution < -0.4 is 9.47 Å². The Bertz CT molecular complexity index is 896. The highest BCUT2D eigenvalue weighted by Crippen LogP contribution is 2.28. The molecule has 26 heavy (non-hydrogen) atoms. The second-order valence-electron chi connectivity index (χ2n) is 5.59. The molecule has 0 heterocycles. The number of Topliss-reactive ketones (excluding diaryl/α,β-unsaturated/α-hetero) is 1. The third-order valence-electron chi connectivity index (χ3n) is 3.88. The fourth-order valence-corrected chi connectivity index (χ4v) is 2.55. The predicted molar refractivity (Wildman–Crippen MR) is 103 cm³/mol. The molecule has 0 saturated heterocycles. The average Bonchev–Trinajstić information content (AvgIpc) is 2.72. The number of hydrogen-bond acceptors (Lipinski definition) is 4. The Kier molecular flexibility index (Phi) is 5.44. The quantitative estimate of drug-likeness (QED) is 0.480. The number of carbonyl (C=O) groups is 1. The van der Waals surface area contributed by atoms with E-state index in [9.17, 15) is 4.79 Å². The van der Waals surface area contributed by atoms with Gasteiger partial charge in [-0.1, -0.05) is 60.7 Å². The first kappa shape index (κ1) is 17.4. The molecule has 4 heteroatoms. The van der Waals surface area contributed by atoms with E-state index in [2.05, 4.69) is 4.99 Å². The van der Waals surface area contributed by atoms with Crippen molar-refractivity contribution in [2.24, 2.45) is 4.99 Å². The zero-order valence-corrected chi connectivity index (χ0v) is 14.7. The molecule has 3 rings (SSSR count). The Morgan fingerprint density at radius 1 is 0.731 bits per heavy atom. The van der Waals surface area contributed by atoms with Gasteiger partial charge in [0.2, 0.25) is 5.78 Å². The van der Waals surface area contributed by atoms with Gasteiger partial charge in [0.1, 0.15) is 17.2 Å². The number of ketones is 1. The molecule has 4 nitrogen and oxygen atoms in total. The third-order valence-corrected chi connectivity index (χ3v) is 3.88. The fraction of sp³-hybridized carbons (Fsp3) is 0.0909. The minimum absolute atomic E-state index is 0.140. The maximum Gasteiger partial charge on any atom is 0.211 e. The van der Waals surface area contributed by atoms with Crippen LogP contribution in [0.5, 0.6) is 11.5 Å². The topological polar surface area (TPSA) is 47.9 Å². The van der Waals surface area contributed by atoms with Crippen LogP contribution in [0.25, 0.3) is 0 Å². The fourth-order valence-electron chi connectivity index (χ4n) is 2.55. The van der Waals surface area contributed by atoms with E-state index in [1.165, 1.54) is 0 Å². The van der Waals surface area contributed by atoms with E-state index in [1.54, 1.807) is 44.6 Å². The smallest absolute Gasteiger partial charge is 0.211 e. The van der Waals surface area contributed by atoms with Crippen LogP contribution in [0, 0.1) is 0 Å². The largest absolute Gasteiger partial charge is 0.497 e. The molecule has 0 N–H and O–H groups in total. The molecule has 0 radical (unpaired) electrons. The van der Waals surface area contributed by atoms with Gasteiger partial charge < -0.3 is 9.47 Å². The van der Waals surface area contributed by atoms with Crippen molar-refractivity contribution >= 4 is 17.2 Å². The van der Waals surface area contributed by atoms with Crippen LogP contribution >= 0.6 is 0 Å². The van der Waals surface area contributed by atoms with Crippen molar-refractivity contribution in [1.82, 2.24) is 0 Å². The highest BCUT2D eigenvalue weighted by atomic mass is 16.5. The number of carbonyl (C=O) groups excluding carboxylic acids is 1. The number of rotatable bonds is 6. The summed E-state index contributed by atoms with van der Waals surface area (Å²) in [6.45, 7) is 0. The summed E-state index contributed by atoms with van der Waals surface area (Å²) in [5, 5.41) is 0. The van der Waals surface area contributed by atoms with Gasteiger partial charge in [-0.05, 0) is 0 Å². The zero-order valence-electron chi connectivity index (χ0n) is 14.7. The monoisotopic (exact) mass is 345 g/mol. The van der Waals surface area contributed by atoms with Gasteiger partial charge in [-0.15, -0.1) is 0 Å². The molecule has 0 aliphatic heterocycles. The van der Waals surface area contributed by atoms with E-state index >= 15 is 0 Å². The summed E-state index contributed by atoms with van der Waals surface area (Å²) >= 11 is 0. The molecular weight excluding hydrogens is 326 g/mol. The second-order valence-corrected chi connectivity index (χ2v) is 5.59. The van der Waals surface area contributed by atoms with Gasteiger partial charge in [-0.2, -0.15) is 0 Å². The van der Waals surface area contributed by atoms with Crippen LogP contribution in [0.4, 0.5) is 5.69 Å². The first-order valence-corrected chi connectivity index (χ1v) is 8.18. The molecular formula is C22H19NO3. The van der Waals surface area contributed by atoms with E-state index in [0.717, 1.165) is 5.56 Å². The molecule has 0 saturated carbocycles. The molecule has 0 amide bonds. The minimum atomic E-state index is -0.140. The van der Waals surface area contributed by atoms with Crippen molar-refractivity contribution < 1.29 is 14.3 Å². The molecule has 0 aromatic heterocycles. The van der Waals surface area contributed by atoms with Gasteiger partial charge in [-0.3, -0.25) is 4.79 Å². The molecule has 0 aliphatic carbocycles. The van der Waals surface area contributed by atoms with Crippen molar-refractivity contribution in [3.05, 3.63) is 90.0 Å². The highest BCUT2D eigenvalue weighted by molar-refractivity contribution is 6.51. The molecule has 3 aromatic carbocycles. The SMILES string of the molecule is COc1cc(N=C(C(=O)c2ccccc2)c2ccccc2)cc(OC)c1. The zero-order chi connectivity index (χ0) is 18.4. The number of ether oxygens (including phenoxy) is 2. The van der Waals surface area contributed by atoms with Crippen LogP contribution in [0.3, 0.4) is 0 Å². The van der Waals surface area contributed by atoms with Gasteiger partial charge in [-0.25, -0.2) is 4.99 Å². The number of methoxy groups -OCH3 is 2. The van der Waals surface area contributed by atoms with Gasteiger partial charge in [0.25, 0.3) is 0 Å². The molecule has 0 spiro atoms. The Hall–Kier alpha value is -3.40. The summed E-state index contributed by atoms with van der Waals surface area (Å²) in [7, 11) is 3.16. The first-order valence-electron chi connectivity index (χ1n) is 8.18. The third kappa shape index (κ3) is 3.98. The van der Waals surface area contributed by atoms with Gasteiger partial charge in [0.05, 0.1) is 19.9 Å². The van der Waals surface area contributed by atoms with Crippen LogP contribution in [-0.4, -0.2) is 25.7 Å². The number of aliphatic imine (C=N–C) groups is 1. The number of nitrogens with zero attached hydrogens (tertiary/aromatic N) is 1.